The van der Waals surface area contributed by atoms with E-state index in [9.17, 15) is 4.79 Å². The van der Waals surface area contributed by atoms with Crippen LogP contribution in [0.1, 0.15) is 35.3 Å². The number of ether oxygens (including phenoxy) is 1. The molecule has 0 aliphatic heterocycles. The van der Waals surface area contributed by atoms with Gasteiger partial charge in [-0.25, -0.2) is 0 Å². The lowest BCUT2D eigenvalue weighted by molar-refractivity contribution is 0.101. The normalized spacial score (nSPS) is 10.3. The SMILES string of the molecule is CCc1c(C(C)=O)ccc(OCc2ccccc2)c1N. The molecule has 0 bridgehead atoms. The number of nitrogens with two attached hydrogens (primary N) is 1. The lowest BCUT2D eigenvalue weighted by Crippen LogP contribution is -2.06. The van der Waals surface area contributed by atoms with Crippen molar-refractivity contribution < 1.29 is 9.53 Å². The third-order valence-corrected chi connectivity index (χ3v) is 3.29. The molecule has 0 saturated heterocycles. The van der Waals surface area contributed by atoms with Gasteiger partial charge >= 0.3 is 0 Å². The van der Waals surface area contributed by atoms with E-state index in [1.54, 1.807) is 19.1 Å². The van der Waals surface area contributed by atoms with Crippen molar-refractivity contribution in [1.29, 1.82) is 0 Å². The molecule has 20 heavy (non-hydrogen) atoms. The van der Waals surface area contributed by atoms with Crippen LogP contribution in [0.5, 0.6) is 5.75 Å². The maximum Gasteiger partial charge on any atom is 0.160 e. The van der Waals surface area contributed by atoms with Gasteiger partial charge < -0.3 is 10.5 Å². The monoisotopic (exact) mass is 269 g/mol. The molecule has 0 aromatic heterocycles. The Bertz CT molecular complexity index is 606. The first kappa shape index (κ1) is 14.1. The van der Waals surface area contributed by atoms with E-state index in [0.29, 0.717) is 30.0 Å². The van der Waals surface area contributed by atoms with Crippen molar-refractivity contribution in [3.63, 3.8) is 0 Å². The molecule has 2 aromatic carbocycles. The van der Waals surface area contributed by atoms with E-state index in [0.717, 1.165) is 11.1 Å². The zero-order valence-corrected chi connectivity index (χ0v) is 11.8. The molecule has 0 fully saturated rings. The summed E-state index contributed by atoms with van der Waals surface area (Å²) in [6, 6.07) is 13.5. The van der Waals surface area contributed by atoms with Gasteiger partial charge in [-0.3, -0.25) is 4.79 Å². The number of ketones is 1. The lowest BCUT2D eigenvalue weighted by Gasteiger charge is -2.14. The number of anilines is 1. The number of nitrogen functional groups attached to an aromatic ring is 1. The zero-order valence-electron chi connectivity index (χ0n) is 11.8. The van der Waals surface area contributed by atoms with Crippen LogP contribution in [0.15, 0.2) is 42.5 Å². The van der Waals surface area contributed by atoms with Crippen LogP contribution < -0.4 is 10.5 Å². The zero-order chi connectivity index (χ0) is 14.5. The number of rotatable bonds is 5. The highest BCUT2D eigenvalue weighted by Crippen LogP contribution is 2.29. The second kappa shape index (κ2) is 6.24. The molecule has 2 N–H and O–H groups in total. The number of benzene rings is 2. The van der Waals surface area contributed by atoms with Crippen LogP contribution in [0.3, 0.4) is 0 Å². The molecule has 0 saturated carbocycles. The van der Waals surface area contributed by atoms with Crippen molar-refractivity contribution in [2.45, 2.75) is 26.9 Å². The fourth-order valence-corrected chi connectivity index (χ4v) is 2.22. The predicted octanol–water partition coefficient (Wildman–Crippen LogP) is 3.61. The molecule has 0 atom stereocenters. The summed E-state index contributed by atoms with van der Waals surface area (Å²) in [7, 11) is 0. The number of carbonyl (C=O) groups is 1. The van der Waals surface area contributed by atoms with Crippen LogP contribution in [0.4, 0.5) is 5.69 Å². The van der Waals surface area contributed by atoms with Crippen LogP contribution in [-0.2, 0) is 13.0 Å². The molecule has 0 aliphatic carbocycles. The minimum Gasteiger partial charge on any atom is -0.487 e. The molecule has 0 heterocycles. The van der Waals surface area contributed by atoms with Gasteiger partial charge in [-0.05, 0) is 36.6 Å². The van der Waals surface area contributed by atoms with Gasteiger partial charge in [-0.2, -0.15) is 0 Å². The van der Waals surface area contributed by atoms with E-state index < -0.39 is 0 Å². The molecule has 2 aromatic rings. The van der Waals surface area contributed by atoms with Crippen LogP contribution in [0.2, 0.25) is 0 Å². The maximum atomic E-state index is 11.6. The number of carbonyl (C=O) groups excluding carboxylic acids is 1. The summed E-state index contributed by atoms with van der Waals surface area (Å²) < 4.78 is 5.76. The Morgan fingerprint density at radius 2 is 1.85 bits per heavy atom. The minimum atomic E-state index is 0.0307. The Labute approximate surface area is 119 Å². The largest absolute Gasteiger partial charge is 0.487 e. The van der Waals surface area contributed by atoms with Crippen LogP contribution >= 0.6 is 0 Å². The molecule has 0 spiro atoms. The molecular formula is C17H19NO2. The van der Waals surface area contributed by atoms with E-state index in [-0.39, 0.29) is 5.78 Å². The molecule has 3 nitrogen and oxygen atoms in total. The van der Waals surface area contributed by atoms with Crippen LogP contribution in [0.25, 0.3) is 0 Å². The van der Waals surface area contributed by atoms with Gasteiger partial charge in [-0.15, -0.1) is 0 Å². The van der Waals surface area contributed by atoms with E-state index in [1.165, 1.54) is 0 Å². The van der Waals surface area contributed by atoms with Crippen LogP contribution in [0, 0.1) is 0 Å². The fourth-order valence-electron chi connectivity index (χ4n) is 2.22. The van der Waals surface area contributed by atoms with E-state index in [2.05, 4.69) is 0 Å². The average Bonchev–Trinajstić information content (AvgIpc) is 2.46. The number of hydrogen-bond donors (Lipinski definition) is 1. The lowest BCUT2D eigenvalue weighted by atomic mass is 10.00. The van der Waals surface area contributed by atoms with Crippen molar-refractivity contribution in [1.82, 2.24) is 0 Å². The first-order valence-electron chi connectivity index (χ1n) is 6.72. The van der Waals surface area contributed by atoms with E-state index in [4.69, 9.17) is 10.5 Å². The molecule has 0 aliphatic rings. The Hall–Kier alpha value is -2.29. The summed E-state index contributed by atoms with van der Waals surface area (Å²) in [6.45, 7) is 4.01. The molecule has 2 rings (SSSR count). The molecular weight excluding hydrogens is 250 g/mol. The second-order valence-corrected chi connectivity index (χ2v) is 4.69. The maximum absolute atomic E-state index is 11.6. The fraction of sp³-hybridized carbons (Fsp3) is 0.235. The van der Waals surface area contributed by atoms with Crippen molar-refractivity contribution in [3.05, 3.63) is 59.2 Å². The van der Waals surface area contributed by atoms with Gasteiger partial charge in [0.25, 0.3) is 0 Å². The Morgan fingerprint density at radius 3 is 2.45 bits per heavy atom. The van der Waals surface area contributed by atoms with Gasteiger partial charge in [0.15, 0.2) is 5.78 Å². The topological polar surface area (TPSA) is 52.3 Å². The third-order valence-electron chi connectivity index (χ3n) is 3.29. The highest BCUT2D eigenvalue weighted by molar-refractivity contribution is 5.97. The number of Topliss-reactive ketones (excluding diaryl/α,β-unsaturated/α-hetero) is 1. The molecule has 104 valence electrons. The van der Waals surface area contributed by atoms with Gasteiger partial charge in [0.05, 0.1) is 5.69 Å². The molecule has 0 unspecified atom stereocenters. The van der Waals surface area contributed by atoms with Gasteiger partial charge in [0, 0.05) is 5.56 Å². The number of hydrogen-bond acceptors (Lipinski definition) is 3. The summed E-state index contributed by atoms with van der Waals surface area (Å²) in [5.74, 6) is 0.666. The van der Waals surface area contributed by atoms with Gasteiger partial charge in [0.2, 0.25) is 0 Å². The average molecular weight is 269 g/mol. The Kier molecular flexibility index (Phi) is 4.41. The molecule has 3 heteroatoms. The highest BCUT2D eigenvalue weighted by Gasteiger charge is 2.13. The third kappa shape index (κ3) is 2.99. The van der Waals surface area contributed by atoms with E-state index >= 15 is 0 Å². The molecule has 0 radical (unpaired) electrons. The van der Waals surface area contributed by atoms with Crippen molar-refractivity contribution in [2.75, 3.05) is 5.73 Å². The summed E-state index contributed by atoms with van der Waals surface area (Å²) in [5.41, 5.74) is 9.31. The second-order valence-electron chi connectivity index (χ2n) is 4.69. The highest BCUT2D eigenvalue weighted by atomic mass is 16.5. The van der Waals surface area contributed by atoms with Crippen LogP contribution in [-0.4, -0.2) is 5.78 Å². The summed E-state index contributed by atoms with van der Waals surface area (Å²) in [6.07, 6.45) is 0.712. The van der Waals surface area contributed by atoms with Crippen molar-refractivity contribution in [2.24, 2.45) is 0 Å². The summed E-state index contributed by atoms with van der Waals surface area (Å²) in [4.78, 5) is 11.6. The predicted molar refractivity (Wildman–Crippen MR) is 81.0 cm³/mol. The van der Waals surface area contributed by atoms with Crippen molar-refractivity contribution >= 4 is 11.5 Å². The van der Waals surface area contributed by atoms with E-state index in [1.807, 2.05) is 37.3 Å². The minimum absolute atomic E-state index is 0.0307. The van der Waals surface area contributed by atoms with Gasteiger partial charge in [-0.1, -0.05) is 37.3 Å². The first-order valence-corrected chi connectivity index (χ1v) is 6.72. The first-order chi connectivity index (χ1) is 9.63. The molecule has 0 amide bonds. The summed E-state index contributed by atoms with van der Waals surface area (Å²) in [5, 5.41) is 0. The van der Waals surface area contributed by atoms with Crippen molar-refractivity contribution in [3.8, 4) is 5.75 Å². The Morgan fingerprint density at radius 1 is 1.15 bits per heavy atom. The standard InChI is InChI=1S/C17H19NO2/c1-3-14-15(12(2)19)9-10-16(17(14)18)20-11-13-7-5-4-6-8-13/h4-10H,3,11,18H2,1-2H3. The quantitative estimate of drug-likeness (QED) is 0.666. The summed E-state index contributed by atoms with van der Waals surface area (Å²) >= 11 is 0. The van der Waals surface area contributed by atoms with Gasteiger partial charge in [0.1, 0.15) is 12.4 Å². The smallest absolute Gasteiger partial charge is 0.160 e. The Balaban J connectivity index is 2.23.